The van der Waals surface area contributed by atoms with Crippen LogP contribution >= 0.6 is 0 Å². The molecule has 0 spiro atoms. The highest BCUT2D eigenvalue weighted by atomic mass is 16.6. The first-order valence-corrected chi connectivity index (χ1v) is 10.5. The molecule has 2 aromatic rings. The number of benzene rings is 2. The second-order valence-electron chi connectivity index (χ2n) is 8.04. The minimum absolute atomic E-state index is 0.112. The molecule has 4 rings (SSSR count). The summed E-state index contributed by atoms with van der Waals surface area (Å²) in [6.07, 6.45) is 5.74. The van der Waals surface area contributed by atoms with E-state index < -0.39 is 0 Å². The number of nitrogens with one attached hydrogen (secondary N) is 1. The number of nitrogens with zero attached hydrogens (tertiary/aromatic N) is 1. The molecule has 29 heavy (non-hydrogen) atoms. The zero-order chi connectivity index (χ0) is 20.1. The molecule has 1 aliphatic carbocycles. The highest BCUT2D eigenvalue weighted by molar-refractivity contribution is 5.69. The molecule has 0 aromatic heterocycles. The number of hydrogen-bond donors (Lipinski definition) is 1. The van der Waals surface area contributed by atoms with Gasteiger partial charge in [-0.15, -0.1) is 0 Å². The van der Waals surface area contributed by atoms with E-state index in [-0.39, 0.29) is 30.8 Å². The minimum Gasteiger partial charge on any atom is -0.445 e. The molecule has 1 saturated carbocycles. The highest BCUT2D eigenvalue weighted by Gasteiger charge is 2.47. The zero-order valence-electron chi connectivity index (χ0n) is 16.6. The Morgan fingerprint density at radius 3 is 2.45 bits per heavy atom. The Labute approximate surface area is 172 Å². The SMILES string of the molecule is O=CNC1CC2CCCCC2N(C(=O)OCc2ccccc2)C1c1ccccc1. The number of ether oxygens (including phenoxy) is 1. The van der Waals surface area contributed by atoms with E-state index >= 15 is 0 Å². The van der Waals surface area contributed by atoms with Crippen molar-refractivity contribution in [2.45, 2.75) is 56.8 Å². The van der Waals surface area contributed by atoms with Crippen LogP contribution in [0.4, 0.5) is 4.79 Å². The van der Waals surface area contributed by atoms with Gasteiger partial charge in [-0.25, -0.2) is 4.79 Å². The van der Waals surface area contributed by atoms with Crippen molar-refractivity contribution in [1.29, 1.82) is 0 Å². The molecule has 0 radical (unpaired) electrons. The van der Waals surface area contributed by atoms with E-state index in [1.165, 1.54) is 6.42 Å². The molecular formula is C24H28N2O3. The zero-order valence-corrected chi connectivity index (χ0v) is 16.6. The van der Waals surface area contributed by atoms with E-state index in [9.17, 15) is 9.59 Å². The predicted octanol–water partition coefficient (Wildman–Crippen LogP) is 4.44. The summed E-state index contributed by atoms with van der Waals surface area (Å²) in [7, 11) is 0. The van der Waals surface area contributed by atoms with Crippen molar-refractivity contribution in [2.75, 3.05) is 0 Å². The lowest BCUT2D eigenvalue weighted by molar-refractivity contribution is -0.111. The maximum absolute atomic E-state index is 13.3. The average molecular weight is 392 g/mol. The van der Waals surface area contributed by atoms with E-state index in [4.69, 9.17) is 4.74 Å². The van der Waals surface area contributed by atoms with Gasteiger partial charge in [-0.05, 0) is 36.3 Å². The van der Waals surface area contributed by atoms with Gasteiger partial charge >= 0.3 is 6.09 Å². The number of fused-ring (bicyclic) bond motifs is 1. The summed E-state index contributed by atoms with van der Waals surface area (Å²) in [6, 6.07) is 19.6. The molecular weight excluding hydrogens is 364 g/mol. The van der Waals surface area contributed by atoms with Crippen molar-refractivity contribution in [2.24, 2.45) is 5.92 Å². The summed E-state index contributed by atoms with van der Waals surface area (Å²) in [5, 5.41) is 2.99. The van der Waals surface area contributed by atoms with Crippen LogP contribution in [0.1, 0.15) is 49.3 Å². The summed E-state index contributed by atoms with van der Waals surface area (Å²) in [5.74, 6) is 0.394. The van der Waals surface area contributed by atoms with Gasteiger partial charge in [-0.3, -0.25) is 9.69 Å². The standard InChI is InChI=1S/C24H28N2O3/c27-17-25-21-15-20-13-7-8-14-22(20)26(23(21)19-11-5-2-6-12-19)24(28)29-16-18-9-3-1-4-10-18/h1-6,9-12,17,20-23H,7-8,13-16H2,(H,25,27). The van der Waals surface area contributed by atoms with Crippen molar-refractivity contribution < 1.29 is 14.3 Å². The third-order valence-electron chi connectivity index (χ3n) is 6.30. The van der Waals surface area contributed by atoms with Gasteiger partial charge in [-0.2, -0.15) is 0 Å². The van der Waals surface area contributed by atoms with Crippen molar-refractivity contribution in [3.05, 3.63) is 71.8 Å². The van der Waals surface area contributed by atoms with Crippen LogP contribution in [0, 0.1) is 5.92 Å². The first-order valence-electron chi connectivity index (χ1n) is 10.5. The monoisotopic (exact) mass is 392 g/mol. The molecule has 1 aliphatic heterocycles. The molecule has 0 bridgehead atoms. The predicted molar refractivity (Wildman–Crippen MR) is 111 cm³/mol. The van der Waals surface area contributed by atoms with Gasteiger partial charge in [0.05, 0.1) is 12.1 Å². The topological polar surface area (TPSA) is 58.6 Å². The minimum atomic E-state index is -0.294. The number of piperidine rings is 1. The van der Waals surface area contributed by atoms with Crippen molar-refractivity contribution in [3.8, 4) is 0 Å². The molecule has 1 heterocycles. The second kappa shape index (κ2) is 9.12. The number of carbonyl (C=O) groups excluding carboxylic acids is 2. The molecule has 1 N–H and O–H groups in total. The molecule has 1 saturated heterocycles. The fourth-order valence-corrected chi connectivity index (χ4v) is 5.02. The molecule has 4 unspecified atom stereocenters. The fourth-order valence-electron chi connectivity index (χ4n) is 5.02. The molecule has 4 atom stereocenters. The number of hydrogen-bond acceptors (Lipinski definition) is 3. The molecule has 152 valence electrons. The number of carbonyl (C=O) groups is 2. The Morgan fingerprint density at radius 2 is 1.72 bits per heavy atom. The Hall–Kier alpha value is -2.82. The lowest BCUT2D eigenvalue weighted by Gasteiger charge is -2.51. The van der Waals surface area contributed by atoms with Gasteiger partial charge in [0.1, 0.15) is 6.61 Å². The van der Waals surface area contributed by atoms with E-state index in [1.54, 1.807) is 0 Å². The van der Waals surface area contributed by atoms with Crippen LogP contribution in [-0.2, 0) is 16.1 Å². The van der Waals surface area contributed by atoms with Gasteiger partial charge in [-0.1, -0.05) is 73.5 Å². The quantitative estimate of drug-likeness (QED) is 0.765. The van der Waals surface area contributed by atoms with E-state index in [0.717, 1.165) is 43.2 Å². The lowest BCUT2D eigenvalue weighted by Crippen LogP contribution is -2.59. The number of rotatable bonds is 5. The van der Waals surface area contributed by atoms with Crippen molar-refractivity contribution >= 4 is 12.5 Å². The van der Waals surface area contributed by atoms with Crippen molar-refractivity contribution in [3.63, 3.8) is 0 Å². The smallest absolute Gasteiger partial charge is 0.410 e. The number of likely N-dealkylation sites (tertiary alicyclic amines) is 1. The van der Waals surface area contributed by atoms with Crippen LogP contribution < -0.4 is 5.32 Å². The normalized spacial score (nSPS) is 26.3. The summed E-state index contributed by atoms with van der Waals surface area (Å²) >= 11 is 0. The van der Waals surface area contributed by atoms with Crippen LogP contribution in [0.5, 0.6) is 0 Å². The highest BCUT2D eigenvalue weighted by Crippen LogP contribution is 2.44. The average Bonchev–Trinajstić information content (AvgIpc) is 2.78. The Kier molecular flexibility index (Phi) is 6.13. The Balaban J connectivity index is 1.63. The fraction of sp³-hybridized carbons (Fsp3) is 0.417. The van der Waals surface area contributed by atoms with Crippen LogP contribution in [0.2, 0.25) is 0 Å². The summed E-state index contributed by atoms with van der Waals surface area (Å²) < 4.78 is 5.77. The third-order valence-corrected chi connectivity index (χ3v) is 6.30. The van der Waals surface area contributed by atoms with E-state index in [2.05, 4.69) is 5.32 Å². The maximum Gasteiger partial charge on any atom is 0.410 e. The lowest BCUT2D eigenvalue weighted by atomic mass is 9.73. The maximum atomic E-state index is 13.3. The molecule has 5 heteroatoms. The second-order valence-corrected chi connectivity index (χ2v) is 8.04. The van der Waals surface area contributed by atoms with Crippen LogP contribution in [0.25, 0.3) is 0 Å². The summed E-state index contributed by atoms with van der Waals surface area (Å²) in [6.45, 7) is 0.251. The molecule has 5 nitrogen and oxygen atoms in total. The molecule has 2 amide bonds. The Morgan fingerprint density at radius 1 is 1.03 bits per heavy atom. The van der Waals surface area contributed by atoms with Gasteiger partial charge < -0.3 is 10.1 Å². The van der Waals surface area contributed by atoms with Gasteiger partial charge in [0.2, 0.25) is 6.41 Å². The van der Waals surface area contributed by atoms with E-state index in [1.807, 2.05) is 65.6 Å². The van der Waals surface area contributed by atoms with Gasteiger partial charge in [0.15, 0.2) is 0 Å². The van der Waals surface area contributed by atoms with Crippen LogP contribution in [0.15, 0.2) is 60.7 Å². The third kappa shape index (κ3) is 4.29. The van der Waals surface area contributed by atoms with Crippen molar-refractivity contribution in [1.82, 2.24) is 10.2 Å². The first kappa shape index (κ1) is 19.5. The van der Waals surface area contributed by atoms with Crippen LogP contribution in [0.3, 0.4) is 0 Å². The summed E-state index contributed by atoms with van der Waals surface area (Å²) in [4.78, 5) is 26.6. The summed E-state index contributed by atoms with van der Waals surface area (Å²) in [5.41, 5.74) is 2.00. The van der Waals surface area contributed by atoms with Gasteiger partial charge in [0, 0.05) is 6.04 Å². The molecule has 2 fully saturated rings. The number of amides is 2. The Bertz CT molecular complexity index is 811. The van der Waals surface area contributed by atoms with Gasteiger partial charge in [0.25, 0.3) is 0 Å². The molecule has 2 aliphatic rings. The van der Waals surface area contributed by atoms with Crippen LogP contribution in [-0.4, -0.2) is 29.5 Å². The largest absolute Gasteiger partial charge is 0.445 e. The molecule has 2 aromatic carbocycles. The first-order chi connectivity index (χ1) is 14.3. The van der Waals surface area contributed by atoms with E-state index in [0.29, 0.717) is 5.92 Å².